The maximum atomic E-state index is 15.1. The molecule has 3 aliphatic heterocycles. The molecule has 0 aromatic carbocycles. The second-order valence-corrected chi connectivity index (χ2v) is 11.3. The SMILES string of the molecule is Cc1cncc(N[C@@H](CC2CC2)C(=O)N2[C@@H]3CC[C@H]([C@H]2C(=O)N[C@H](C#N)C[C@H]2CCNC2=O)C(F)(F)C3)c1. The normalized spacial score (nSPS) is 29.2. The maximum absolute atomic E-state index is 15.1. The van der Waals surface area contributed by atoms with Crippen LogP contribution >= 0.6 is 0 Å². The summed E-state index contributed by atoms with van der Waals surface area (Å²) >= 11 is 0. The molecule has 6 atom stereocenters. The molecule has 204 valence electrons. The van der Waals surface area contributed by atoms with Gasteiger partial charge in [-0.2, -0.15) is 5.26 Å². The number of halogens is 2. The van der Waals surface area contributed by atoms with Gasteiger partial charge in [-0.25, -0.2) is 8.78 Å². The Morgan fingerprint density at radius 2 is 2.03 bits per heavy atom. The quantitative estimate of drug-likeness (QED) is 0.452. The summed E-state index contributed by atoms with van der Waals surface area (Å²) in [6, 6.07) is 0.0408. The van der Waals surface area contributed by atoms with Crippen LogP contribution in [-0.4, -0.2) is 64.2 Å². The van der Waals surface area contributed by atoms with Crippen molar-refractivity contribution >= 4 is 23.4 Å². The van der Waals surface area contributed by atoms with E-state index < -0.39 is 54.3 Å². The number of anilines is 1. The second-order valence-electron chi connectivity index (χ2n) is 11.3. The zero-order valence-corrected chi connectivity index (χ0v) is 21.5. The van der Waals surface area contributed by atoms with Gasteiger partial charge in [0.2, 0.25) is 17.7 Å². The van der Waals surface area contributed by atoms with Gasteiger partial charge in [-0.15, -0.1) is 0 Å². The average Bonchev–Trinajstić information content (AvgIpc) is 3.61. The fourth-order valence-corrected chi connectivity index (χ4v) is 6.30. The van der Waals surface area contributed by atoms with Gasteiger partial charge in [-0.3, -0.25) is 19.4 Å². The lowest BCUT2D eigenvalue weighted by molar-refractivity contribution is -0.194. The van der Waals surface area contributed by atoms with Crippen molar-refractivity contribution in [3.8, 4) is 6.07 Å². The third kappa shape index (κ3) is 5.45. The number of rotatable bonds is 9. The largest absolute Gasteiger partial charge is 0.372 e. The number of aromatic nitrogens is 1. The highest BCUT2D eigenvalue weighted by Gasteiger charge is 2.61. The zero-order valence-electron chi connectivity index (χ0n) is 21.5. The molecule has 11 heteroatoms. The van der Waals surface area contributed by atoms with Crippen LogP contribution in [0.25, 0.3) is 0 Å². The molecule has 2 bridgehead atoms. The van der Waals surface area contributed by atoms with Crippen molar-refractivity contribution in [2.45, 2.75) is 88.4 Å². The van der Waals surface area contributed by atoms with Crippen LogP contribution in [0.2, 0.25) is 0 Å². The number of nitriles is 1. The molecule has 0 radical (unpaired) electrons. The molecular formula is C27H34F2N6O3. The van der Waals surface area contributed by atoms with Crippen LogP contribution in [0.1, 0.15) is 56.9 Å². The lowest BCUT2D eigenvalue weighted by Gasteiger charge is -2.54. The minimum Gasteiger partial charge on any atom is -0.372 e. The summed E-state index contributed by atoms with van der Waals surface area (Å²) in [6.45, 7) is 2.39. The Balaban J connectivity index is 1.38. The molecule has 5 aliphatic rings. The van der Waals surface area contributed by atoms with Gasteiger partial charge in [0.15, 0.2) is 0 Å². The predicted molar refractivity (Wildman–Crippen MR) is 134 cm³/mol. The molecule has 2 saturated carbocycles. The van der Waals surface area contributed by atoms with Gasteiger partial charge in [0.1, 0.15) is 18.1 Å². The van der Waals surface area contributed by atoms with E-state index >= 15 is 8.78 Å². The summed E-state index contributed by atoms with van der Waals surface area (Å²) in [5, 5.41) is 18.2. The summed E-state index contributed by atoms with van der Waals surface area (Å²) in [7, 11) is 0. The summed E-state index contributed by atoms with van der Waals surface area (Å²) in [4.78, 5) is 45.1. The molecule has 6 rings (SSSR count). The summed E-state index contributed by atoms with van der Waals surface area (Å²) in [6.07, 6.45) is 6.59. The number of hydrogen-bond acceptors (Lipinski definition) is 6. The summed E-state index contributed by atoms with van der Waals surface area (Å²) in [5.41, 5.74) is 1.58. The van der Waals surface area contributed by atoms with Crippen molar-refractivity contribution in [3.05, 3.63) is 24.0 Å². The highest BCUT2D eigenvalue weighted by atomic mass is 19.3. The highest BCUT2D eigenvalue weighted by molar-refractivity contribution is 5.92. The summed E-state index contributed by atoms with van der Waals surface area (Å²) in [5.74, 6) is -5.77. The van der Waals surface area contributed by atoms with E-state index in [0.717, 1.165) is 18.4 Å². The summed E-state index contributed by atoms with van der Waals surface area (Å²) < 4.78 is 30.2. The van der Waals surface area contributed by atoms with Gasteiger partial charge < -0.3 is 20.9 Å². The molecule has 9 nitrogen and oxygen atoms in total. The molecule has 0 spiro atoms. The van der Waals surface area contributed by atoms with Crippen LogP contribution in [0.15, 0.2) is 18.5 Å². The Hall–Kier alpha value is -3.29. The first kappa shape index (κ1) is 26.3. The number of piperidine rings is 2. The van der Waals surface area contributed by atoms with Crippen LogP contribution in [0.5, 0.6) is 0 Å². The molecule has 2 aliphatic carbocycles. The van der Waals surface area contributed by atoms with E-state index in [0.29, 0.717) is 37.4 Å². The number of carbonyl (C=O) groups is 3. The Morgan fingerprint density at radius 1 is 1.24 bits per heavy atom. The zero-order chi connectivity index (χ0) is 27.0. The maximum Gasteiger partial charge on any atom is 0.255 e. The van der Waals surface area contributed by atoms with Crippen LogP contribution in [0.4, 0.5) is 14.5 Å². The third-order valence-electron chi connectivity index (χ3n) is 8.39. The van der Waals surface area contributed by atoms with Crippen molar-refractivity contribution in [2.24, 2.45) is 17.8 Å². The van der Waals surface area contributed by atoms with Crippen LogP contribution in [0, 0.1) is 36.0 Å². The average molecular weight is 529 g/mol. The van der Waals surface area contributed by atoms with Crippen molar-refractivity contribution in [2.75, 3.05) is 11.9 Å². The predicted octanol–water partition coefficient (Wildman–Crippen LogP) is 2.52. The van der Waals surface area contributed by atoms with Crippen molar-refractivity contribution < 1.29 is 23.2 Å². The molecule has 4 heterocycles. The molecule has 5 fully saturated rings. The molecule has 38 heavy (non-hydrogen) atoms. The van der Waals surface area contributed by atoms with E-state index in [4.69, 9.17) is 0 Å². The Morgan fingerprint density at radius 3 is 2.66 bits per heavy atom. The molecule has 0 unspecified atom stereocenters. The smallest absolute Gasteiger partial charge is 0.255 e. The minimum absolute atomic E-state index is 0.103. The number of amides is 3. The number of fused-ring (bicyclic) bond motifs is 3. The Kier molecular flexibility index (Phi) is 7.25. The van der Waals surface area contributed by atoms with E-state index in [-0.39, 0.29) is 24.7 Å². The van der Waals surface area contributed by atoms with Crippen molar-refractivity contribution in [1.29, 1.82) is 5.26 Å². The highest BCUT2D eigenvalue weighted by Crippen LogP contribution is 2.49. The van der Waals surface area contributed by atoms with Gasteiger partial charge in [0, 0.05) is 37.3 Å². The van der Waals surface area contributed by atoms with Crippen LogP contribution in [0.3, 0.4) is 0 Å². The number of alkyl halides is 2. The Labute approximate surface area is 220 Å². The third-order valence-corrected chi connectivity index (χ3v) is 8.39. The fraction of sp³-hybridized carbons (Fsp3) is 0.667. The van der Waals surface area contributed by atoms with Gasteiger partial charge in [-0.1, -0.05) is 12.8 Å². The molecule has 1 aromatic heterocycles. The monoisotopic (exact) mass is 528 g/mol. The van der Waals surface area contributed by atoms with E-state index in [1.54, 1.807) is 12.4 Å². The lowest BCUT2D eigenvalue weighted by Crippen LogP contribution is -2.70. The van der Waals surface area contributed by atoms with E-state index in [1.807, 2.05) is 19.1 Å². The fourth-order valence-electron chi connectivity index (χ4n) is 6.30. The molecule has 3 saturated heterocycles. The molecule has 3 N–H and O–H groups in total. The second kappa shape index (κ2) is 10.5. The lowest BCUT2D eigenvalue weighted by atomic mass is 9.71. The van der Waals surface area contributed by atoms with E-state index in [2.05, 4.69) is 20.9 Å². The standard InChI is InChI=1S/C27H34F2N6O3/c1-15-8-19(14-31-13-15)33-22(9-16-2-3-16)26(38)35-20-4-5-21(27(28,29)11-20)23(35)25(37)34-18(12-30)10-17-6-7-32-24(17)36/h8,13-14,16-18,20-23,33H,2-7,9-11H2,1H3,(H,32,36)(H,34,37)/t17-,18+,20-,21-,22+,23+/m1/s1. The molecule has 1 aromatic rings. The van der Waals surface area contributed by atoms with Gasteiger partial charge in [-0.05, 0) is 56.6 Å². The first-order chi connectivity index (χ1) is 18.2. The van der Waals surface area contributed by atoms with E-state index in [1.165, 1.54) is 4.90 Å². The number of carbonyl (C=O) groups excluding carboxylic acids is 3. The van der Waals surface area contributed by atoms with Crippen LogP contribution in [-0.2, 0) is 14.4 Å². The Bertz CT molecular complexity index is 1140. The van der Waals surface area contributed by atoms with Crippen molar-refractivity contribution in [1.82, 2.24) is 20.5 Å². The van der Waals surface area contributed by atoms with Gasteiger partial charge >= 0.3 is 0 Å². The topological polar surface area (TPSA) is 127 Å². The van der Waals surface area contributed by atoms with Crippen molar-refractivity contribution in [3.63, 3.8) is 0 Å². The number of hydrogen-bond donors (Lipinski definition) is 3. The van der Waals surface area contributed by atoms with E-state index in [9.17, 15) is 19.6 Å². The number of nitrogens with one attached hydrogen (secondary N) is 3. The first-order valence-corrected chi connectivity index (χ1v) is 13.5. The number of nitrogens with zero attached hydrogens (tertiary/aromatic N) is 3. The van der Waals surface area contributed by atoms with Crippen LogP contribution < -0.4 is 16.0 Å². The first-order valence-electron chi connectivity index (χ1n) is 13.5. The molecular weight excluding hydrogens is 494 g/mol. The minimum atomic E-state index is -3.09. The van der Waals surface area contributed by atoms with Gasteiger partial charge in [0.25, 0.3) is 5.92 Å². The van der Waals surface area contributed by atoms with Gasteiger partial charge in [0.05, 0.1) is 17.7 Å². The number of pyridine rings is 1. The number of aryl methyl sites for hydroxylation is 1. The molecule has 3 amide bonds.